The average Bonchev–Trinajstić information content (AvgIpc) is 3.03. The third kappa shape index (κ3) is 12.6. The molecule has 0 unspecified atom stereocenters. The molecule has 0 saturated carbocycles. The van der Waals surface area contributed by atoms with Crippen molar-refractivity contribution in [1.29, 1.82) is 0 Å². The Kier molecular flexibility index (Phi) is 14.8. The molecular formula is C42H58O4. The Morgan fingerprint density at radius 3 is 1.04 bits per heavy atom. The highest BCUT2D eigenvalue weighted by molar-refractivity contribution is 5.52. The van der Waals surface area contributed by atoms with Crippen LogP contribution in [0.5, 0.6) is 23.0 Å². The van der Waals surface area contributed by atoms with E-state index in [4.69, 9.17) is 18.9 Å². The third-order valence-electron chi connectivity index (χ3n) is 8.06. The van der Waals surface area contributed by atoms with Crippen LogP contribution >= 0.6 is 0 Å². The average molecular weight is 627 g/mol. The van der Waals surface area contributed by atoms with Crippen molar-refractivity contribution in [3.05, 3.63) is 96.1 Å². The summed E-state index contributed by atoms with van der Waals surface area (Å²) in [4.78, 5) is 0. The van der Waals surface area contributed by atoms with Crippen molar-refractivity contribution >= 4 is 12.2 Å². The van der Waals surface area contributed by atoms with Crippen LogP contribution in [0.25, 0.3) is 12.2 Å². The van der Waals surface area contributed by atoms with E-state index < -0.39 is 0 Å². The third-order valence-corrected chi connectivity index (χ3v) is 8.06. The lowest BCUT2D eigenvalue weighted by Crippen LogP contribution is -2.19. The van der Waals surface area contributed by atoms with Gasteiger partial charge in [0, 0.05) is 11.1 Å². The van der Waals surface area contributed by atoms with Crippen LogP contribution in [0.1, 0.15) is 115 Å². The van der Waals surface area contributed by atoms with E-state index >= 15 is 0 Å². The molecule has 4 heteroatoms. The van der Waals surface area contributed by atoms with Gasteiger partial charge >= 0.3 is 0 Å². The molecule has 46 heavy (non-hydrogen) atoms. The molecule has 250 valence electrons. The summed E-state index contributed by atoms with van der Waals surface area (Å²) in [5.74, 6) is 3.79. The minimum absolute atomic E-state index is 0.0585. The van der Waals surface area contributed by atoms with Crippen molar-refractivity contribution in [3.8, 4) is 23.0 Å². The van der Waals surface area contributed by atoms with E-state index in [2.05, 4.69) is 66.8 Å². The fourth-order valence-electron chi connectivity index (χ4n) is 5.23. The Morgan fingerprint density at radius 1 is 0.457 bits per heavy atom. The van der Waals surface area contributed by atoms with Crippen LogP contribution < -0.4 is 18.9 Å². The lowest BCUT2D eigenvalue weighted by molar-refractivity contribution is 0.275. The first-order valence-corrected chi connectivity index (χ1v) is 17.2. The summed E-state index contributed by atoms with van der Waals surface area (Å²) in [6, 6.07) is 20.6. The van der Waals surface area contributed by atoms with E-state index in [0.29, 0.717) is 13.2 Å². The summed E-state index contributed by atoms with van der Waals surface area (Å²) in [6.07, 6.45) is 12.3. The van der Waals surface area contributed by atoms with Gasteiger partial charge in [0.1, 0.15) is 23.0 Å². The second kappa shape index (κ2) is 18.5. The Labute approximate surface area is 279 Å². The van der Waals surface area contributed by atoms with Crippen molar-refractivity contribution in [3.63, 3.8) is 0 Å². The molecule has 0 N–H and O–H groups in total. The van der Waals surface area contributed by atoms with Crippen molar-refractivity contribution in [1.82, 2.24) is 0 Å². The summed E-state index contributed by atoms with van der Waals surface area (Å²) in [5.41, 5.74) is 4.49. The van der Waals surface area contributed by atoms with E-state index in [-0.39, 0.29) is 10.8 Å². The van der Waals surface area contributed by atoms with Crippen LogP contribution in [-0.4, -0.2) is 26.4 Å². The molecule has 0 aromatic heterocycles. The van der Waals surface area contributed by atoms with E-state index in [9.17, 15) is 0 Å². The number of hydrogen-bond acceptors (Lipinski definition) is 4. The molecule has 0 bridgehead atoms. The summed E-state index contributed by atoms with van der Waals surface area (Å²) in [7, 11) is 0. The Morgan fingerprint density at radius 2 is 0.761 bits per heavy atom. The fraction of sp³-hybridized carbons (Fsp3) is 0.476. The Balaban J connectivity index is 1.43. The molecule has 0 atom stereocenters. The van der Waals surface area contributed by atoms with Crippen molar-refractivity contribution in [2.75, 3.05) is 26.4 Å². The first-order chi connectivity index (χ1) is 22.0. The molecule has 0 fully saturated rings. The number of benzene rings is 3. The second-order valence-corrected chi connectivity index (χ2v) is 14.1. The predicted octanol–water partition coefficient (Wildman–Crippen LogP) is 11.6. The summed E-state index contributed by atoms with van der Waals surface area (Å²) >= 11 is 0. The molecule has 3 aromatic rings. The fourth-order valence-corrected chi connectivity index (χ4v) is 5.23. The maximum absolute atomic E-state index is 6.47. The van der Waals surface area contributed by atoms with E-state index in [1.807, 2.05) is 60.7 Å². The lowest BCUT2D eigenvalue weighted by Gasteiger charge is -2.29. The zero-order valence-corrected chi connectivity index (χ0v) is 29.5. The molecule has 0 aliphatic carbocycles. The van der Waals surface area contributed by atoms with Gasteiger partial charge < -0.3 is 18.9 Å². The summed E-state index contributed by atoms with van der Waals surface area (Å²) in [6.45, 7) is 24.0. The van der Waals surface area contributed by atoms with Gasteiger partial charge in [-0.25, -0.2) is 0 Å². The molecule has 3 aromatic carbocycles. The van der Waals surface area contributed by atoms with Crippen LogP contribution in [-0.2, 0) is 10.8 Å². The summed E-state index contributed by atoms with van der Waals surface area (Å²) < 4.78 is 24.7. The SMILES string of the molecule is C=Cc1ccc(OCCCCCCOc2cc(C(C)(C)C)c(OCCCCCCOc3ccc(C=C)cc3)cc2C(C)(C)C)cc1. The van der Waals surface area contributed by atoms with E-state index in [0.717, 1.165) is 98.7 Å². The zero-order chi connectivity index (χ0) is 33.4. The van der Waals surface area contributed by atoms with Gasteiger partial charge in [-0.05, 0) is 110 Å². The van der Waals surface area contributed by atoms with E-state index in [1.54, 1.807) is 0 Å². The predicted molar refractivity (Wildman–Crippen MR) is 196 cm³/mol. The maximum atomic E-state index is 6.47. The second-order valence-electron chi connectivity index (χ2n) is 14.1. The molecule has 0 radical (unpaired) electrons. The van der Waals surface area contributed by atoms with Crippen LogP contribution in [0, 0.1) is 0 Å². The quantitative estimate of drug-likeness (QED) is 0.117. The Bertz CT molecular complexity index is 1220. The van der Waals surface area contributed by atoms with Crippen LogP contribution in [0.4, 0.5) is 0 Å². The highest BCUT2D eigenvalue weighted by atomic mass is 16.5. The van der Waals surface area contributed by atoms with Gasteiger partial charge in [0.05, 0.1) is 26.4 Å². The molecule has 0 amide bonds. The zero-order valence-electron chi connectivity index (χ0n) is 29.5. The topological polar surface area (TPSA) is 36.9 Å². The normalized spacial score (nSPS) is 11.6. The molecule has 0 saturated heterocycles. The monoisotopic (exact) mass is 626 g/mol. The molecule has 0 aliphatic heterocycles. The first kappa shape index (κ1) is 36.8. The number of ether oxygens (including phenoxy) is 4. The maximum Gasteiger partial charge on any atom is 0.123 e. The van der Waals surface area contributed by atoms with Gasteiger partial charge in [-0.3, -0.25) is 0 Å². The van der Waals surface area contributed by atoms with Gasteiger partial charge in [0.2, 0.25) is 0 Å². The van der Waals surface area contributed by atoms with Crippen molar-refractivity contribution in [2.24, 2.45) is 0 Å². The lowest BCUT2D eigenvalue weighted by atomic mass is 9.81. The first-order valence-electron chi connectivity index (χ1n) is 17.2. The van der Waals surface area contributed by atoms with Gasteiger partial charge in [0.15, 0.2) is 0 Å². The summed E-state index contributed by atoms with van der Waals surface area (Å²) in [5, 5.41) is 0. The van der Waals surface area contributed by atoms with Gasteiger partial charge in [-0.2, -0.15) is 0 Å². The molecule has 0 heterocycles. The number of rotatable bonds is 20. The molecule has 3 rings (SSSR count). The van der Waals surface area contributed by atoms with Gasteiger partial charge in [-0.1, -0.05) is 91.1 Å². The number of hydrogen-bond donors (Lipinski definition) is 0. The number of unbranched alkanes of at least 4 members (excludes halogenated alkanes) is 6. The standard InChI is InChI=1S/C42H58O4/c1-9-33-19-23-35(24-20-33)43-27-15-11-13-17-29-45-39-31-38(42(6,7)8)40(32-37(39)41(3,4)5)46-30-18-14-12-16-28-44-36-25-21-34(10-2)22-26-36/h9-10,19-26,31-32H,1-2,11-18,27-30H2,3-8H3. The van der Waals surface area contributed by atoms with Crippen molar-refractivity contribution in [2.45, 2.75) is 104 Å². The van der Waals surface area contributed by atoms with E-state index in [1.165, 1.54) is 11.1 Å². The Hall–Kier alpha value is -3.66. The van der Waals surface area contributed by atoms with Crippen LogP contribution in [0.15, 0.2) is 73.8 Å². The van der Waals surface area contributed by atoms with Crippen LogP contribution in [0.3, 0.4) is 0 Å². The highest BCUT2D eigenvalue weighted by Crippen LogP contribution is 2.41. The van der Waals surface area contributed by atoms with Crippen molar-refractivity contribution < 1.29 is 18.9 Å². The highest BCUT2D eigenvalue weighted by Gasteiger charge is 2.27. The molecular weight excluding hydrogens is 568 g/mol. The minimum Gasteiger partial charge on any atom is -0.494 e. The molecule has 0 spiro atoms. The largest absolute Gasteiger partial charge is 0.494 e. The van der Waals surface area contributed by atoms with Crippen LogP contribution in [0.2, 0.25) is 0 Å². The smallest absolute Gasteiger partial charge is 0.123 e. The molecule has 0 aliphatic rings. The minimum atomic E-state index is -0.0585. The van der Waals surface area contributed by atoms with Gasteiger partial charge in [-0.15, -0.1) is 0 Å². The molecule has 4 nitrogen and oxygen atoms in total. The van der Waals surface area contributed by atoms with Gasteiger partial charge in [0.25, 0.3) is 0 Å².